The Morgan fingerprint density at radius 3 is 2.58 bits per heavy atom. The fourth-order valence-corrected chi connectivity index (χ4v) is 4.10. The number of nitrogens with one attached hydrogen (secondary N) is 2. The van der Waals surface area contributed by atoms with Crippen LogP contribution in [0.1, 0.15) is 30.5 Å². The summed E-state index contributed by atoms with van der Waals surface area (Å²) in [4.78, 5) is 38.0. The summed E-state index contributed by atoms with van der Waals surface area (Å²) in [5, 5.41) is 6.14. The number of hydrogen-bond donors (Lipinski definition) is 2. The highest BCUT2D eigenvalue weighted by atomic mass is 16.2. The molecular weight excluding hydrogens is 392 g/mol. The van der Waals surface area contributed by atoms with E-state index in [-0.39, 0.29) is 24.2 Å². The highest BCUT2D eigenvalue weighted by molar-refractivity contribution is 6.00. The largest absolute Gasteiger partial charge is 0.356 e. The summed E-state index contributed by atoms with van der Waals surface area (Å²) >= 11 is 0. The zero-order valence-electron chi connectivity index (χ0n) is 18.2. The minimum atomic E-state index is -0.328. The number of benzene rings is 1. The van der Waals surface area contributed by atoms with Gasteiger partial charge in [0, 0.05) is 56.6 Å². The zero-order chi connectivity index (χ0) is 21.8. The molecule has 8 nitrogen and oxygen atoms in total. The summed E-state index contributed by atoms with van der Waals surface area (Å²) in [7, 11) is 0. The van der Waals surface area contributed by atoms with E-state index in [1.807, 2.05) is 44.2 Å². The zero-order valence-corrected chi connectivity index (χ0v) is 18.2. The second-order valence-corrected chi connectivity index (χ2v) is 8.34. The lowest BCUT2D eigenvalue weighted by atomic mass is 10.1. The fourth-order valence-electron chi connectivity index (χ4n) is 4.10. The lowest BCUT2D eigenvalue weighted by Gasteiger charge is -2.18. The first-order valence-electron chi connectivity index (χ1n) is 11.0. The van der Waals surface area contributed by atoms with E-state index in [0.717, 1.165) is 35.9 Å². The van der Waals surface area contributed by atoms with E-state index < -0.39 is 0 Å². The van der Waals surface area contributed by atoms with Crippen molar-refractivity contribution in [3.63, 3.8) is 0 Å². The highest BCUT2D eigenvalue weighted by Crippen LogP contribution is 2.25. The molecule has 31 heavy (non-hydrogen) atoms. The van der Waals surface area contributed by atoms with Gasteiger partial charge in [0.1, 0.15) is 5.82 Å². The molecule has 0 saturated carbocycles. The number of rotatable bonds is 7. The van der Waals surface area contributed by atoms with Gasteiger partial charge in [-0.3, -0.25) is 9.59 Å². The van der Waals surface area contributed by atoms with Gasteiger partial charge in [-0.05, 0) is 38.8 Å². The summed E-state index contributed by atoms with van der Waals surface area (Å²) in [5.41, 5.74) is 2.91. The average Bonchev–Trinajstić information content (AvgIpc) is 3.41. The van der Waals surface area contributed by atoms with Crippen LogP contribution in [0.5, 0.6) is 0 Å². The number of aryl methyl sites for hydroxylation is 2. The third kappa shape index (κ3) is 5.13. The van der Waals surface area contributed by atoms with Crippen LogP contribution in [0.3, 0.4) is 0 Å². The molecule has 2 saturated heterocycles. The Morgan fingerprint density at radius 2 is 1.84 bits per heavy atom. The summed E-state index contributed by atoms with van der Waals surface area (Å²) in [6, 6.07) is 9.81. The number of nitrogens with zero attached hydrogens (tertiary/aromatic N) is 4. The molecule has 2 N–H and O–H groups in total. The first-order chi connectivity index (χ1) is 15.0. The maximum absolute atomic E-state index is 12.6. The van der Waals surface area contributed by atoms with E-state index in [2.05, 4.69) is 25.5 Å². The summed E-state index contributed by atoms with van der Waals surface area (Å²) in [5.74, 6) is 1.11. The Hall–Kier alpha value is -3.16. The first-order valence-corrected chi connectivity index (χ1v) is 11.0. The van der Waals surface area contributed by atoms with Crippen LogP contribution in [-0.4, -0.2) is 54.5 Å². The van der Waals surface area contributed by atoms with Gasteiger partial charge in [0.05, 0.1) is 5.92 Å². The van der Waals surface area contributed by atoms with Crippen molar-refractivity contribution >= 4 is 29.3 Å². The second-order valence-electron chi connectivity index (χ2n) is 8.34. The quantitative estimate of drug-likeness (QED) is 0.666. The normalized spacial score (nSPS) is 18.5. The third-order valence-corrected chi connectivity index (χ3v) is 5.82. The lowest BCUT2D eigenvalue weighted by molar-refractivity contribution is -0.126. The van der Waals surface area contributed by atoms with Crippen molar-refractivity contribution < 1.29 is 9.59 Å². The predicted molar refractivity (Wildman–Crippen MR) is 121 cm³/mol. The van der Waals surface area contributed by atoms with Crippen molar-refractivity contribution in [2.45, 2.75) is 33.1 Å². The van der Waals surface area contributed by atoms with Crippen LogP contribution in [0.2, 0.25) is 0 Å². The number of amides is 2. The van der Waals surface area contributed by atoms with Gasteiger partial charge in [0.2, 0.25) is 17.8 Å². The average molecular weight is 423 g/mol. The monoisotopic (exact) mass is 422 g/mol. The minimum absolute atomic E-state index is 0.00951. The summed E-state index contributed by atoms with van der Waals surface area (Å²) < 4.78 is 0. The standard InChI is InChI=1S/C23H30N6O2/c1-16-5-7-19(8-6-16)29-15-18(14-21(29)30)22(31)24-9-10-25-23-26-17(2)13-20(27-23)28-11-3-4-12-28/h5-8,13,18H,3-4,9-12,14-15H2,1-2H3,(H,24,31)(H,25,26,27). The molecule has 8 heteroatoms. The molecular formula is C23H30N6O2. The molecule has 2 amide bonds. The van der Waals surface area contributed by atoms with Crippen LogP contribution in [0, 0.1) is 19.8 Å². The third-order valence-electron chi connectivity index (χ3n) is 5.82. The SMILES string of the molecule is Cc1ccc(N2CC(C(=O)NCCNc3nc(C)cc(N4CCCC4)n3)CC2=O)cc1. The van der Waals surface area contributed by atoms with Crippen molar-refractivity contribution in [2.75, 3.05) is 47.8 Å². The molecule has 3 heterocycles. The molecule has 1 aromatic carbocycles. The Balaban J connectivity index is 1.25. The van der Waals surface area contributed by atoms with E-state index >= 15 is 0 Å². The van der Waals surface area contributed by atoms with E-state index in [9.17, 15) is 9.59 Å². The van der Waals surface area contributed by atoms with Gasteiger partial charge in [0.15, 0.2) is 0 Å². The molecule has 2 fully saturated rings. The molecule has 1 unspecified atom stereocenters. The van der Waals surface area contributed by atoms with Crippen LogP contribution in [0.15, 0.2) is 30.3 Å². The molecule has 2 aromatic rings. The maximum Gasteiger partial charge on any atom is 0.227 e. The van der Waals surface area contributed by atoms with Crippen molar-refractivity contribution in [1.29, 1.82) is 0 Å². The topological polar surface area (TPSA) is 90.5 Å². The van der Waals surface area contributed by atoms with Crippen molar-refractivity contribution in [2.24, 2.45) is 5.92 Å². The second kappa shape index (κ2) is 9.32. The molecule has 1 aromatic heterocycles. The van der Waals surface area contributed by atoms with Gasteiger partial charge in [-0.1, -0.05) is 17.7 Å². The van der Waals surface area contributed by atoms with E-state index in [1.54, 1.807) is 4.90 Å². The number of carbonyl (C=O) groups excluding carboxylic acids is 2. The Morgan fingerprint density at radius 1 is 1.10 bits per heavy atom. The highest BCUT2D eigenvalue weighted by Gasteiger charge is 2.34. The smallest absolute Gasteiger partial charge is 0.227 e. The van der Waals surface area contributed by atoms with E-state index in [0.29, 0.717) is 25.6 Å². The molecule has 0 aliphatic carbocycles. The van der Waals surface area contributed by atoms with Crippen molar-refractivity contribution in [3.05, 3.63) is 41.6 Å². The van der Waals surface area contributed by atoms with Gasteiger partial charge < -0.3 is 20.4 Å². The van der Waals surface area contributed by atoms with Crippen LogP contribution in [0.25, 0.3) is 0 Å². The summed E-state index contributed by atoms with van der Waals surface area (Å²) in [6.07, 6.45) is 2.64. The minimum Gasteiger partial charge on any atom is -0.356 e. The molecule has 2 aliphatic heterocycles. The van der Waals surface area contributed by atoms with Crippen LogP contribution in [0.4, 0.5) is 17.5 Å². The first kappa shape index (κ1) is 21.1. The summed E-state index contributed by atoms with van der Waals surface area (Å²) in [6.45, 7) is 7.43. The molecule has 4 rings (SSSR count). The van der Waals surface area contributed by atoms with Crippen LogP contribution in [-0.2, 0) is 9.59 Å². The predicted octanol–water partition coefficient (Wildman–Crippen LogP) is 2.27. The Bertz CT molecular complexity index is 940. The van der Waals surface area contributed by atoms with E-state index in [1.165, 1.54) is 12.8 Å². The van der Waals surface area contributed by atoms with Gasteiger partial charge in [-0.15, -0.1) is 0 Å². The fraction of sp³-hybridized carbons (Fsp3) is 0.478. The lowest BCUT2D eigenvalue weighted by Crippen LogP contribution is -2.35. The number of carbonyl (C=O) groups is 2. The molecule has 0 spiro atoms. The van der Waals surface area contributed by atoms with Gasteiger partial charge in [-0.2, -0.15) is 4.98 Å². The number of hydrogen-bond acceptors (Lipinski definition) is 6. The Kier molecular flexibility index (Phi) is 6.34. The van der Waals surface area contributed by atoms with E-state index in [4.69, 9.17) is 0 Å². The molecule has 2 aliphatic rings. The van der Waals surface area contributed by atoms with Crippen molar-refractivity contribution in [1.82, 2.24) is 15.3 Å². The molecule has 0 radical (unpaired) electrons. The van der Waals surface area contributed by atoms with Gasteiger partial charge in [0.25, 0.3) is 0 Å². The Labute approximate surface area is 183 Å². The molecule has 0 bridgehead atoms. The number of anilines is 3. The molecule has 1 atom stereocenters. The van der Waals surface area contributed by atoms with Crippen molar-refractivity contribution in [3.8, 4) is 0 Å². The molecule has 164 valence electrons. The van der Waals surface area contributed by atoms with Crippen LogP contribution < -0.4 is 20.4 Å². The van der Waals surface area contributed by atoms with Gasteiger partial charge in [-0.25, -0.2) is 4.98 Å². The van der Waals surface area contributed by atoms with Crippen LogP contribution >= 0.6 is 0 Å². The maximum atomic E-state index is 12.6. The number of aromatic nitrogens is 2. The van der Waals surface area contributed by atoms with Gasteiger partial charge >= 0.3 is 0 Å².